The molecule has 0 bridgehead atoms. The number of methoxy groups -OCH3 is 1. The molecule has 0 aliphatic heterocycles. The summed E-state index contributed by atoms with van der Waals surface area (Å²) in [6, 6.07) is 10.9. The smallest absolute Gasteiger partial charge is 0.124 e. The van der Waals surface area contributed by atoms with E-state index in [2.05, 4.69) is 5.32 Å². The second-order valence-corrected chi connectivity index (χ2v) is 5.89. The van der Waals surface area contributed by atoms with Gasteiger partial charge in [-0.3, -0.25) is 0 Å². The third-order valence-electron chi connectivity index (χ3n) is 3.13. The van der Waals surface area contributed by atoms with E-state index in [1.165, 1.54) is 0 Å². The summed E-state index contributed by atoms with van der Waals surface area (Å²) in [6.07, 6.45) is 0. The molecule has 5 heteroatoms. The van der Waals surface area contributed by atoms with Crippen molar-refractivity contribution in [2.24, 2.45) is 0 Å². The molecule has 0 aromatic heterocycles. The minimum absolute atomic E-state index is 0.0974. The average molecular weight is 345 g/mol. The maximum absolute atomic E-state index is 6.13. The molecule has 1 N–H and O–H groups in total. The van der Waals surface area contributed by atoms with Crippen molar-refractivity contribution in [1.29, 1.82) is 0 Å². The van der Waals surface area contributed by atoms with Crippen LogP contribution in [0.3, 0.4) is 0 Å². The molecule has 0 aliphatic carbocycles. The maximum Gasteiger partial charge on any atom is 0.124 e. The molecule has 0 heterocycles. The number of benzene rings is 2. The van der Waals surface area contributed by atoms with Crippen molar-refractivity contribution in [2.45, 2.75) is 13.0 Å². The molecule has 0 amide bonds. The van der Waals surface area contributed by atoms with Crippen LogP contribution in [0.4, 0.5) is 0 Å². The summed E-state index contributed by atoms with van der Waals surface area (Å²) in [6.45, 7) is 2.82. The SMILES string of the molecule is CCNC(c1cc(Cl)cc(Cl)c1)c1cc(Cl)ccc1OC. The highest BCUT2D eigenvalue weighted by Crippen LogP contribution is 2.34. The summed E-state index contributed by atoms with van der Waals surface area (Å²) in [4.78, 5) is 0. The number of halogens is 3. The number of hydrogen-bond donors (Lipinski definition) is 1. The van der Waals surface area contributed by atoms with Crippen LogP contribution in [-0.2, 0) is 0 Å². The van der Waals surface area contributed by atoms with Gasteiger partial charge >= 0.3 is 0 Å². The van der Waals surface area contributed by atoms with Crippen LogP contribution in [0, 0.1) is 0 Å². The third-order valence-corrected chi connectivity index (χ3v) is 3.80. The first-order valence-corrected chi connectivity index (χ1v) is 7.71. The molecule has 21 heavy (non-hydrogen) atoms. The van der Waals surface area contributed by atoms with Gasteiger partial charge in [-0.1, -0.05) is 41.7 Å². The zero-order valence-electron chi connectivity index (χ0n) is 11.8. The van der Waals surface area contributed by atoms with Gasteiger partial charge in [-0.2, -0.15) is 0 Å². The molecule has 1 atom stereocenters. The fourth-order valence-electron chi connectivity index (χ4n) is 2.28. The highest BCUT2D eigenvalue weighted by Gasteiger charge is 2.19. The Bertz CT molecular complexity index is 611. The van der Waals surface area contributed by atoms with Gasteiger partial charge in [-0.25, -0.2) is 0 Å². The summed E-state index contributed by atoms with van der Waals surface area (Å²) in [7, 11) is 1.64. The van der Waals surface area contributed by atoms with Gasteiger partial charge in [0.15, 0.2) is 0 Å². The number of nitrogens with one attached hydrogen (secondary N) is 1. The summed E-state index contributed by atoms with van der Waals surface area (Å²) < 4.78 is 5.44. The van der Waals surface area contributed by atoms with Gasteiger partial charge < -0.3 is 10.1 Å². The zero-order valence-corrected chi connectivity index (χ0v) is 14.1. The first kappa shape index (κ1) is 16.4. The molecule has 0 aliphatic rings. The Labute approximate surface area is 140 Å². The maximum atomic E-state index is 6.13. The van der Waals surface area contributed by atoms with Crippen molar-refractivity contribution >= 4 is 34.8 Å². The lowest BCUT2D eigenvalue weighted by Gasteiger charge is -2.22. The Morgan fingerprint density at radius 2 is 1.67 bits per heavy atom. The lowest BCUT2D eigenvalue weighted by Crippen LogP contribution is -2.22. The van der Waals surface area contributed by atoms with Crippen LogP contribution < -0.4 is 10.1 Å². The molecule has 2 nitrogen and oxygen atoms in total. The molecule has 2 rings (SSSR count). The van der Waals surface area contributed by atoms with Gasteiger partial charge in [-0.05, 0) is 48.5 Å². The van der Waals surface area contributed by atoms with Gasteiger partial charge in [0.2, 0.25) is 0 Å². The van der Waals surface area contributed by atoms with Crippen LogP contribution in [0.2, 0.25) is 15.1 Å². The van der Waals surface area contributed by atoms with Crippen LogP contribution in [0.5, 0.6) is 5.75 Å². The normalized spacial score (nSPS) is 12.2. The first-order chi connectivity index (χ1) is 10.0. The summed E-state index contributed by atoms with van der Waals surface area (Å²) in [5.41, 5.74) is 1.92. The van der Waals surface area contributed by atoms with Gasteiger partial charge in [0, 0.05) is 20.6 Å². The Morgan fingerprint density at radius 3 is 2.24 bits per heavy atom. The summed E-state index contributed by atoms with van der Waals surface area (Å²) in [5, 5.41) is 5.27. The van der Waals surface area contributed by atoms with E-state index in [1.54, 1.807) is 19.2 Å². The highest BCUT2D eigenvalue weighted by atomic mass is 35.5. The predicted molar refractivity (Wildman–Crippen MR) is 90.0 cm³/mol. The highest BCUT2D eigenvalue weighted by molar-refractivity contribution is 6.34. The first-order valence-electron chi connectivity index (χ1n) is 6.58. The van der Waals surface area contributed by atoms with Crippen molar-refractivity contribution in [3.05, 3.63) is 62.6 Å². The summed E-state index contributed by atoms with van der Waals surface area (Å²) >= 11 is 18.4. The van der Waals surface area contributed by atoms with Crippen LogP contribution in [0.15, 0.2) is 36.4 Å². The monoisotopic (exact) mass is 343 g/mol. The van der Waals surface area contributed by atoms with E-state index in [-0.39, 0.29) is 6.04 Å². The second-order valence-electron chi connectivity index (χ2n) is 4.58. The summed E-state index contributed by atoms with van der Waals surface area (Å²) in [5.74, 6) is 0.765. The van der Waals surface area contributed by atoms with E-state index in [0.717, 1.165) is 23.4 Å². The molecular weight excluding hydrogens is 329 g/mol. The van der Waals surface area contributed by atoms with E-state index >= 15 is 0 Å². The number of hydrogen-bond acceptors (Lipinski definition) is 2. The molecule has 2 aromatic carbocycles. The minimum Gasteiger partial charge on any atom is -0.496 e. The van der Waals surface area contributed by atoms with E-state index in [9.17, 15) is 0 Å². The molecule has 0 saturated carbocycles. The van der Waals surface area contributed by atoms with Crippen LogP contribution >= 0.6 is 34.8 Å². The molecule has 112 valence electrons. The molecule has 0 fully saturated rings. The fraction of sp³-hybridized carbons (Fsp3) is 0.250. The Morgan fingerprint density at radius 1 is 1.00 bits per heavy atom. The minimum atomic E-state index is -0.0974. The van der Waals surface area contributed by atoms with E-state index < -0.39 is 0 Å². The molecule has 2 aromatic rings. The number of ether oxygens (including phenoxy) is 1. The van der Waals surface area contributed by atoms with Crippen LogP contribution in [-0.4, -0.2) is 13.7 Å². The van der Waals surface area contributed by atoms with E-state index in [0.29, 0.717) is 15.1 Å². The fourth-order valence-corrected chi connectivity index (χ4v) is 3.01. The van der Waals surface area contributed by atoms with Crippen molar-refractivity contribution in [3.63, 3.8) is 0 Å². The predicted octanol–water partition coefficient (Wildman–Crippen LogP) is 5.35. The quantitative estimate of drug-likeness (QED) is 0.789. The largest absolute Gasteiger partial charge is 0.496 e. The molecular formula is C16H16Cl3NO. The lowest BCUT2D eigenvalue weighted by molar-refractivity contribution is 0.404. The molecule has 0 saturated heterocycles. The third kappa shape index (κ3) is 4.04. The van der Waals surface area contributed by atoms with Crippen LogP contribution in [0.25, 0.3) is 0 Å². The van der Waals surface area contributed by atoms with E-state index in [4.69, 9.17) is 39.5 Å². The Hall–Kier alpha value is -0.930. The van der Waals surface area contributed by atoms with Gasteiger partial charge in [0.25, 0.3) is 0 Å². The van der Waals surface area contributed by atoms with Crippen molar-refractivity contribution < 1.29 is 4.74 Å². The molecule has 0 spiro atoms. The Balaban J connectivity index is 2.55. The van der Waals surface area contributed by atoms with Gasteiger partial charge in [0.05, 0.1) is 13.2 Å². The standard InChI is InChI=1S/C16H16Cl3NO/c1-3-20-16(10-6-12(18)8-13(19)7-10)14-9-11(17)4-5-15(14)21-2/h4-9,16,20H,3H2,1-2H3. The van der Waals surface area contributed by atoms with Crippen LogP contribution in [0.1, 0.15) is 24.1 Å². The lowest BCUT2D eigenvalue weighted by atomic mass is 9.97. The van der Waals surface area contributed by atoms with Gasteiger partial charge in [-0.15, -0.1) is 0 Å². The van der Waals surface area contributed by atoms with E-state index in [1.807, 2.05) is 31.2 Å². The van der Waals surface area contributed by atoms with Crippen molar-refractivity contribution in [3.8, 4) is 5.75 Å². The zero-order chi connectivity index (χ0) is 15.4. The van der Waals surface area contributed by atoms with Gasteiger partial charge in [0.1, 0.15) is 5.75 Å². The Kier molecular flexibility index (Phi) is 5.77. The number of rotatable bonds is 5. The molecule has 1 unspecified atom stereocenters. The average Bonchev–Trinajstić information content (AvgIpc) is 2.43. The second kappa shape index (κ2) is 7.37. The van der Waals surface area contributed by atoms with Crippen molar-refractivity contribution in [1.82, 2.24) is 5.32 Å². The topological polar surface area (TPSA) is 21.3 Å². The molecule has 0 radical (unpaired) electrons. The van der Waals surface area contributed by atoms with Crippen molar-refractivity contribution in [2.75, 3.05) is 13.7 Å².